The van der Waals surface area contributed by atoms with Gasteiger partial charge in [0.1, 0.15) is 11.6 Å². The van der Waals surface area contributed by atoms with Crippen LogP contribution in [-0.2, 0) is 101 Å². The first-order valence-corrected chi connectivity index (χ1v) is 26.1. The summed E-state index contributed by atoms with van der Waals surface area (Å²) in [5, 5.41) is 0. The standard InChI is InChI=1S/C14H16N3O2.C12H13N3O2.C12H14N3O.C10H11N3O.4C2H6.2Y/c1-4-14(8(3)18)6-10-9(13(14)19)5-7(2)11-12(10)16-17-15-11;1-5-3-9-8(11-10(5)13-15-14-11)4-7(6(2)16)12(9)17;1-3-7-5-8-9(12(7)16)4-6(2)10-11(8)14-15-13-10;1-5-4-7-6(2-3-8(7)14)10-9(5)11-13-12-10;4*1-2;;/h5,15-17H,1,4,6H2,2-3H3;3,7,13-15H,4H2,1-2H3;4,7,13-15H,1,3,5H2,2H3;4,11-13H,2-3H2,1H3;4*1-2H3;;/q-1;;-1;;;;;;;. The summed E-state index contributed by atoms with van der Waals surface area (Å²) >= 11 is 0. The van der Waals surface area contributed by atoms with E-state index in [9.17, 15) is 28.8 Å². The molecule has 4 heterocycles. The second kappa shape index (κ2) is 28.8. The SMILES string of the molecule is CC.CC.CC.CC.CC(=O)C1Cc2c(cc(C)c3c2NNN3)C1=O.Cc1cc2c(c3c1NNN3)CCC2=O.[CH2-]CC1(C(C)=O)Cc2c(cc(C)c3c2NNN3)C1=O.[CH2-]CC1Cc2c(cc(C)c3c2NNN3)C1=O.[Y].[Y]. The van der Waals surface area contributed by atoms with E-state index in [1.54, 1.807) is 0 Å². The number of nitrogens with one attached hydrogen (secondary N) is 12. The van der Waals surface area contributed by atoms with Crippen molar-refractivity contribution in [3.05, 3.63) is 105 Å². The topological polar surface area (TPSA) is 247 Å². The number of Topliss-reactive ketones (excluding diaryl/α,β-unsaturated/α-hetero) is 6. The molecule has 3 unspecified atom stereocenters. The van der Waals surface area contributed by atoms with Gasteiger partial charge < -0.3 is 57.3 Å². The van der Waals surface area contributed by atoms with Crippen LogP contribution >= 0.6 is 0 Å². The van der Waals surface area contributed by atoms with Gasteiger partial charge in [0, 0.05) is 94.1 Å². The summed E-state index contributed by atoms with van der Waals surface area (Å²) < 4.78 is 0. The van der Waals surface area contributed by atoms with Gasteiger partial charge >= 0.3 is 0 Å². The molecule has 12 rings (SSSR count). The predicted octanol–water partition coefficient (Wildman–Crippen LogP) is 10.3. The van der Waals surface area contributed by atoms with E-state index in [1.165, 1.54) is 13.8 Å². The van der Waals surface area contributed by atoms with Crippen molar-refractivity contribution in [2.24, 2.45) is 17.3 Å². The fourth-order valence-electron chi connectivity index (χ4n) is 10.3. The molecule has 12 N–H and O–H groups in total. The number of carbonyl (C=O) groups is 6. The van der Waals surface area contributed by atoms with Gasteiger partial charge in [-0.3, -0.25) is 28.8 Å². The Labute approximate surface area is 499 Å². The minimum atomic E-state index is -0.978. The second-order valence-electron chi connectivity index (χ2n) is 18.0. The first-order chi connectivity index (χ1) is 35.6. The molecule has 4 aromatic rings. The first-order valence-electron chi connectivity index (χ1n) is 26.1. The van der Waals surface area contributed by atoms with Crippen molar-refractivity contribution in [3.63, 3.8) is 0 Å². The summed E-state index contributed by atoms with van der Waals surface area (Å²) in [6, 6.07) is 7.68. The maximum atomic E-state index is 12.6. The molecule has 0 saturated heterocycles. The molecular formula is C56H78N12O6Y2-2. The van der Waals surface area contributed by atoms with Crippen molar-refractivity contribution in [2.45, 2.75) is 142 Å². The van der Waals surface area contributed by atoms with Crippen LogP contribution in [0.2, 0.25) is 0 Å². The first kappa shape index (κ1) is 65.6. The van der Waals surface area contributed by atoms with E-state index in [-0.39, 0.29) is 106 Å². The van der Waals surface area contributed by atoms with Gasteiger partial charge in [0.15, 0.2) is 23.1 Å². The summed E-state index contributed by atoms with van der Waals surface area (Å²) in [6.07, 6.45) is 4.20. The Morgan fingerprint density at radius 3 is 1.28 bits per heavy atom. The van der Waals surface area contributed by atoms with Gasteiger partial charge in [0.25, 0.3) is 0 Å². The minimum Gasteiger partial charge on any atom is -0.343 e. The van der Waals surface area contributed by atoms with Gasteiger partial charge in [-0.25, -0.2) is 0 Å². The Hall–Kier alpha value is -4.65. The maximum Gasteiger partial charge on any atom is 0.174 e. The normalized spacial score (nSPS) is 18.5. The number of hydrogen-bond donors (Lipinski definition) is 12. The molecule has 8 aliphatic rings. The molecule has 0 fully saturated rings. The number of rotatable bonds is 4. The Balaban J connectivity index is 0.000000254. The summed E-state index contributed by atoms with van der Waals surface area (Å²) in [6.45, 7) is 34.5. The fourth-order valence-corrected chi connectivity index (χ4v) is 10.3. The molecule has 2 radical (unpaired) electrons. The molecule has 0 aromatic heterocycles. The molecule has 0 spiro atoms. The van der Waals surface area contributed by atoms with Crippen molar-refractivity contribution in [3.8, 4) is 0 Å². The number of aryl methyl sites for hydroxylation is 4. The zero-order chi connectivity index (χ0) is 54.9. The predicted molar refractivity (Wildman–Crippen MR) is 299 cm³/mol. The van der Waals surface area contributed by atoms with Crippen molar-refractivity contribution in [1.29, 1.82) is 0 Å². The largest absolute Gasteiger partial charge is 0.343 e. The average Bonchev–Trinajstić information content (AvgIpc) is 4.28. The monoisotopic (exact) mass is 1190 g/mol. The van der Waals surface area contributed by atoms with E-state index < -0.39 is 11.3 Å². The van der Waals surface area contributed by atoms with Crippen LogP contribution in [0.3, 0.4) is 0 Å². The molecule has 4 aliphatic carbocycles. The Kier molecular flexibility index (Phi) is 24.9. The van der Waals surface area contributed by atoms with Crippen molar-refractivity contribution >= 4 is 80.2 Å². The van der Waals surface area contributed by atoms with Crippen LogP contribution in [0.5, 0.6) is 0 Å². The van der Waals surface area contributed by atoms with Gasteiger partial charge in [-0.15, -0.1) is 22.1 Å². The number of ketones is 6. The summed E-state index contributed by atoms with van der Waals surface area (Å²) in [7, 11) is 0. The van der Waals surface area contributed by atoms with Crippen molar-refractivity contribution < 1.29 is 94.2 Å². The van der Waals surface area contributed by atoms with Crippen molar-refractivity contribution in [2.75, 3.05) is 43.4 Å². The smallest absolute Gasteiger partial charge is 0.174 e. The molecule has 0 saturated carbocycles. The molecule has 0 bridgehead atoms. The summed E-state index contributed by atoms with van der Waals surface area (Å²) in [4.78, 5) is 71.7. The van der Waals surface area contributed by atoms with Gasteiger partial charge in [-0.2, -0.15) is 12.8 Å². The number of fused-ring (bicyclic) bond motifs is 12. The summed E-state index contributed by atoms with van der Waals surface area (Å²) in [5.74, 6) is -0.243. The molecule has 0 amide bonds. The van der Waals surface area contributed by atoms with E-state index >= 15 is 0 Å². The Morgan fingerprint density at radius 1 is 0.500 bits per heavy atom. The zero-order valence-corrected chi connectivity index (χ0v) is 52.6. The number of hydrogen-bond acceptors (Lipinski definition) is 18. The molecule has 4 aromatic carbocycles. The number of anilines is 8. The average molecular weight is 1190 g/mol. The van der Waals surface area contributed by atoms with E-state index in [0.29, 0.717) is 43.2 Å². The van der Waals surface area contributed by atoms with Crippen molar-refractivity contribution in [1.82, 2.24) is 22.1 Å². The van der Waals surface area contributed by atoms with Gasteiger partial charge in [-0.1, -0.05) is 55.4 Å². The number of benzene rings is 4. The van der Waals surface area contributed by atoms with E-state index in [2.05, 4.69) is 79.4 Å². The molecule has 76 heavy (non-hydrogen) atoms. The van der Waals surface area contributed by atoms with Crippen LogP contribution in [0.4, 0.5) is 45.5 Å². The quantitative estimate of drug-likeness (QED) is 0.0671. The molecule has 4 aliphatic heterocycles. The zero-order valence-electron chi connectivity index (χ0n) is 46.9. The molecule has 20 heteroatoms. The third-order valence-electron chi connectivity index (χ3n) is 14.1. The fraction of sp³-hybridized carbons (Fsp3) is 0.429. The Morgan fingerprint density at radius 2 is 0.868 bits per heavy atom. The van der Waals surface area contributed by atoms with Crippen LogP contribution in [0.1, 0.15) is 174 Å². The molecule has 3 atom stereocenters. The van der Waals surface area contributed by atoms with Gasteiger partial charge in [0.05, 0.1) is 56.8 Å². The Bertz CT molecular complexity index is 2860. The van der Waals surface area contributed by atoms with Crippen LogP contribution in [0, 0.1) is 58.8 Å². The second-order valence-corrected chi connectivity index (χ2v) is 18.0. The van der Waals surface area contributed by atoms with E-state index in [1.807, 2.05) is 107 Å². The third-order valence-corrected chi connectivity index (χ3v) is 14.1. The molecule has 406 valence electrons. The summed E-state index contributed by atoms with van der Waals surface area (Å²) in [5.41, 5.74) is 53.9. The van der Waals surface area contributed by atoms with Gasteiger partial charge in [-0.05, 0) is 142 Å². The van der Waals surface area contributed by atoms with Crippen LogP contribution in [0.15, 0.2) is 24.3 Å². The third kappa shape index (κ3) is 12.3. The molecule has 18 nitrogen and oxygen atoms in total. The molecular weight excluding hydrogens is 1110 g/mol. The maximum absolute atomic E-state index is 12.6. The van der Waals surface area contributed by atoms with E-state index in [4.69, 9.17) is 0 Å². The van der Waals surface area contributed by atoms with Crippen LogP contribution in [0.25, 0.3) is 0 Å². The van der Waals surface area contributed by atoms with Gasteiger partial charge in [0.2, 0.25) is 0 Å². The number of hydrazine groups is 8. The number of carbonyl (C=O) groups excluding carboxylic acids is 6. The van der Waals surface area contributed by atoms with Crippen LogP contribution < -0.4 is 65.5 Å². The van der Waals surface area contributed by atoms with E-state index in [0.717, 1.165) is 114 Å². The van der Waals surface area contributed by atoms with Crippen LogP contribution in [-0.4, -0.2) is 34.7 Å². The minimum absolute atomic E-state index is 0.